The molecule has 4 heterocycles. The average molecular weight is 452 g/mol. The summed E-state index contributed by atoms with van der Waals surface area (Å²) in [6.45, 7) is 8.52. The summed E-state index contributed by atoms with van der Waals surface area (Å²) < 4.78 is 13.3. The number of hydrogen-bond donors (Lipinski definition) is 2. The number of fused-ring (bicyclic) bond motifs is 3. The first-order valence-electron chi connectivity index (χ1n) is 12.2. The highest BCUT2D eigenvalue weighted by Crippen LogP contribution is 2.36. The van der Waals surface area contributed by atoms with E-state index in [-0.39, 0.29) is 11.8 Å². The Morgan fingerprint density at radius 1 is 1.00 bits per heavy atom. The molecule has 2 aromatic carbocycles. The number of hydrogen-bond acceptors (Lipinski definition) is 4. The lowest BCUT2D eigenvalue weighted by molar-refractivity contribution is -0.0114. The first-order chi connectivity index (χ1) is 16.1. The van der Waals surface area contributed by atoms with Crippen LogP contribution in [0.3, 0.4) is 0 Å². The van der Waals surface area contributed by atoms with E-state index in [0.717, 1.165) is 57.5 Å². The summed E-state index contributed by atoms with van der Waals surface area (Å²) in [4.78, 5) is 20.0. The SMILES string of the molecule is O=C(NC[C@H]1C[C@@H]2CCN1C[C@@H]2CN1CCN(c2ccccc2)CC1)Nc1cccc(F)c1. The Kier molecular flexibility index (Phi) is 6.78. The van der Waals surface area contributed by atoms with Crippen molar-refractivity contribution in [3.8, 4) is 0 Å². The molecule has 2 N–H and O–H groups in total. The van der Waals surface area contributed by atoms with Crippen molar-refractivity contribution >= 4 is 17.4 Å². The van der Waals surface area contributed by atoms with Crippen LogP contribution in [0.1, 0.15) is 12.8 Å². The van der Waals surface area contributed by atoms with Crippen molar-refractivity contribution in [1.82, 2.24) is 15.1 Å². The highest BCUT2D eigenvalue weighted by molar-refractivity contribution is 5.89. The smallest absolute Gasteiger partial charge is 0.319 e. The van der Waals surface area contributed by atoms with E-state index in [1.54, 1.807) is 12.1 Å². The van der Waals surface area contributed by atoms with Gasteiger partial charge in [0.1, 0.15) is 5.82 Å². The van der Waals surface area contributed by atoms with Crippen molar-refractivity contribution in [2.75, 3.05) is 62.6 Å². The van der Waals surface area contributed by atoms with E-state index in [4.69, 9.17) is 0 Å². The molecule has 33 heavy (non-hydrogen) atoms. The highest BCUT2D eigenvalue weighted by atomic mass is 19.1. The number of piperazine rings is 1. The molecule has 4 atom stereocenters. The van der Waals surface area contributed by atoms with E-state index in [9.17, 15) is 9.18 Å². The topological polar surface area (TPSA) is 50.9 Å². The van der Waals surface area contributed by atoms with Crippen LogP contribution in [0.15, 0.2) is 54.6 Å². The molecule has 2 bridgehead atoms. The first kappa shape index (κ1) is 22.2. The maximum atomic E-state index is 13.3. The quantitative estimate of drug-likeness (QED) is 0.706. The molecule has 7 heteroatoms. The molecule has 0 aromatic heterocycles. The molecule has 0 aliphatic carbocycles. The molecule has 6 nitrogen and oxygen atoms in total. The summed E-state index contributed by atoms with van der Waals surface area (Å²) in [7, 11) is 0. The molecular weight excluding hydrogens is 417 g/mol. The van der Waals surface area contributed by atoms with Crippen molar-refractivity contribution in [3.63, 3.8) is 0 Å². The second-order valence-electron chi connectivity index (χ2n) is 9.66. The van der Waals surface area contributed by atoms with Crippen LogP contribution in [-0.4, -0.2) is 74.2 Å². The summed E-state index contributed by atoms with van der Waals surface area (Å²) in [6, 6.07) is 16.8. The zero-order valence-electron chi connectivity index (χ0n) is 19.1. The third-order valence-electron chi connectivity index (χ3n) is 7.58. The van der Waals surface area contributed by atoms with Gasteiger partial charge in [-0.15, -0.1) is 0 Å². The Hall–Kier alpha value is -2.64. The van der Waals surface area contributed by atoms with Crippen LogP contribution in [0, 0.1) is 17.7 Å². The van der Waals surface area contributed by atoms with Crippen molar-refractivity contribution < 1.29 is 9.18 Å². The number of rotatable bonds is 6. The van der Waals surface area contributed by atoms with E-state index >= 15 is 0 Å². The monoisotopic (exact) mass is 451 g/mol. The van der Waals surface area contributed by atoms with E-state index < -0.39 is 0 Å². The molecule has 4 aliphatic rings. The predicted molar refractivity (Wildman–Crippen MR) is 130 cm³/mol. The van der Waals surface area contributed by atoms with Gasteiger partial charge in [0.25, 0.3) is 0 Å². The van der Waals surface area contributed by atoms with Gasteiger partial charge in [0, 0.05) is 63.2 Å². The standard InChI is InChI=1S/C26H34FN5O/c27-22-5-4-6-23(16-22)29-26(33)28-17-25-15-20-9-10-32(25)19-21(20)18-30-11-13-31(14-12-30)24-7-2-1-3-8-24/h1-8,16,20-21,25H,9-15,17-19H2,(H2,28,29,33)/t20-,21-,25+/m0/s1. The Morgan fingerprint density at radius 3 is 2.55 bits per heavy atom. The van der Waals surface area contributed by atoms with E-state index in [1.165, 1.54) is 30.8 Å². The summed E-state index contributed by atoms with van der Waals surface area (Å²) in [5.74, 6) is 1.11. The lowest BCUT2D eigenvalue weighted by Crippen LogP contribution is -2.59. The Labute approximate surface area is 195 Å². The molecule has 0 radical (unpaired) electrons. The molecule has 6 rings (SSSR count). The van der Waals surface area contributed by atoms with Gasteiger partial charge in [-0.3, -0.25) is 9.80 Å². The summed E-state index contributed by atoms with van der Waals surface area (Å²) in [5, 5.41) is 5.72. The number of anilines is 2. The molecule has 4 fully saturated rings. The number of nitrogens with one attached hydrogen (secondary N) is 2. The van der Waals surface area contributed by atoms with Gasteiger partial charge in [-0.2, -0.15) is 0 Å². The van der Waals surface area contributed by atoms with Crippen molar-refractivity contribution in [1.29, 1.82) is 0 Å². The fraction of sp³-hybridized carbons (Fsp3) is 0.500. The predicted octanol–water partition coefficient (Wildman–Crippen LogP) is 3.48. The van der Waals surface area contributed by atoms with Crippen LogP contribution in [0.5, 0.6) is 0 Å². The number of halogens is 1. The summed E-state index contributed by atoms with van der Waals surface area (Å²) in [6.07, 6.45) is 2.41. The van der Waals surface area contributed by atoms with Gasteiger partial charge in [-0.25, -0.2) is 9.18 Å². The molecule has 0 saturated carbocycles. The van der Waals surface area contributed by atoms with E-state index in [2.05, 4.69) is 55.7 Å². The van der Waals surface area contributed by atoms with Crippen LogP contribution in [0.2, 0.25) is 0 Å². The molecule has 2 amide bonds. The molecule has 4 saturated heterocycles. The number of benzene rings is 2. The molecule has 4 aliphatic heterocycles. The van der Waals surface area contributed by atoms with Gasteiger partial charge >= 0.3 is 6.03 Å². The maximum absolute atomic E-state index is 13.3. The van der Waals surface area contributed by atoms with Gasteiger partial charge in [0.05, 0.1) is 0 Å². The second-order valence-corrected chi connectivity index (χ2v) is 9.66. The third kappa shape index (κ3) is 5.47. The number of urea groups is 1. The van der Waals surface area contributed by atoms with Gasteiger partial charge in [0.2, 0.25) is 0 Å². The molecule has 2 aromatic rings. The minimum absolute atomic E-state index is 0.268. The molecule has 176 valence electrons. The molecule has 1 unspecified atom stereocenters. The number of carbonyl (C=O) groups is 1. The van der Waals surface area contributed by atoms with Gasteiger partial charge in [-0.05, 0) is 61.6 Å². The number of amides is 2. The summed E-state index contributed by atoms with van der Waals surface area (Å²) in [5.41, 5.74) is 1.81. The maximum Gasteiger partial charge on any atom is 0.319 e. The number of carbonyl (C=O) groups excluding carboxylic acids is 1. The number of piperidine rings is 3. The normalized spacial score (nSPS) is 27.4. The lowest BCUT2D eigenvalue weighted by atomic mass is 9.75. The first-order valence-corrected chi connectivity index (χ1v) is 12.2. The van der Waals surface area contributed by atoms with Gasteiger partial charge < -0.3 is 15.5 Å². The van der Waals surface area contributed by atoms with Gasteiger partial charge in [0.15, 0.2) is 0 Å². The van der Waals surface area contributed by atoms with Crippen LogP contribution >= 0.6 is 0 Å². The fourth-order valence-corrected chi connectivity index (χ4v) is 5.78. The largest absolute Gasteiger partial charge is 0.369 e. The minimum atomic E-state index is -0.351. The molecular formula is C26H34FN5O. The Balaban J connectivity index is 1.06. The van der Waals surface area contributed by atoms with E-state index in [1.807, 2.05) is 0 Å². The minimum Gasteiger partial charge on any atom is -0.369 e. The van der Waals surface area contributed by atoms with Crippen LogP contribution in [0.4, 0.5) is 20.6 Å². The highest BCUT2D eigenvalue weighted by Gasteiger charge is 2.40. The van der Waals surface area contributed by atoms with E-state index in [0.29, 0.717) is 18.3 Å². The van der Waals surface area contributed by atoms with Crippen molar-refractivity contribution in [2.24, 2.45) is 11.8 Å². The fourth-order valence-electron chi connectivity index (χ4n) is 5.78. The van der Waals surface area contributed by atoms with Gasteiger partial charge in [-0.1, -0.05) is 24.3 Å². The second kappa shape index (κ2) is 10.1. The van der Waals surface area contributed by atoms with Crippen molar-refractivity contribution in [3.05, 3.63) is 60.4 Å². The number of nitrogens with zero attached hydrogens (tertiary/aromatic N) is 3. The zero-order valence-corrected chi connectivity index (χ0v) is 19.1. The Morgan fingerprint density at radius 2 is 1.82 bits per heavy atom. The van der Waals surface area contributed by atoms with Crippen molar-refractivity contribution in [2.45, 2.75) is 18.9 Å². The molecule has 0 spiro atoms. The van der Waals surface area contributed by atoms with Crippen LogP contribution in [0.25, 0.3) is 0 Å². The van der Waals surface area contributed by atoms with Crippen LogP contribution in [-0.2, 0) is 0 Å². The van der Waals surface area contributed by atoms with Crippen LogP contribution < -0.4 is 15.5 Å². The third-order valence-corrected chi connectivity index (χ3v) is 7.58. The summed E-state index contributed by atoms with van der Waals surface area (Å²) >= 11 is 0. The average Bonchev–Trinajstić information content (AvgIpc) is 2.84. The Bertz CT molecular complexity index is 933. The lowest BCUT2D eigenvalue weighted by Gasteiger charge is -2.51. The number of para-hydroxylation sites is 1. The zero-order chi connectivity index (χ0) is 22.6.